The summed E-state index contributed by atoms with van der Waals surface area (Å²) in [4.78, 5) is 13.7. The lowest BCUT2D eigenvalue weighted by molar-refractivity contribution is -0.934. The van der Waals surface area contributed by atoms with Gasteiger partial charge in [0.05, 0.1) is 31.9 Å². The van der Waals surface area contributed by atoms with Gasteiger partial charge in [0.2, 0.25) is 0 Å². The van der Waals surface area contributed by atoms with Crippen LogP contribution in [0.4, 0.5) is 4.79 Å². The molecule has 1 amide bonds. The van der Waals surface area contributed by atoms with Gasteiger partial charge in [-0.15, -0.1) is 0 Å². The van der Waals surface area contributed by atoms with Gasteiger partial charge < -0.3 is 9.22 Å². The Morgan fingerprint density at radius 1 is 0.931 bits per heavy atom. The van der Waals surface area contributed by atoms with Gasteiger partial charge in [0.25, 0.3) is 0 Å². The van der Waals surface area contributed by atoms with Gasteiger partial charge in [-0.2, -0.15) is 0 Å². The lowest BCUT2D eigenvalue weighted by atomic mass is 9.86. The molecular weight excluding hydrogens is 360 g/mol. The van der Waals surface area contributed by atoms with Crippen LogP contribution in [0, 0.1) is 0 Å². The number of hydrogen-bond acceptors (Lipinski definition) is 2. The van der Waals surface area contributed by atoms with Crippen molar-refractivity contribution in [3.8, 4) is 0 Å². The second kappa shape index (κ2) is 8.03. The van der Waals surface area contributed by atoms with E-state index in [2.05, 4.69) is 67.2 Å². The molecule has 2 aliphatic heterocycles. The number of likely N-dealkylation sites (N-methyl/N-ethyl adjacent to an activating group) is 1. The molecule has 0 atom stereocenters. The van der Waals surface area contributed by atoms with E-state index in [-0.39, 0.29) is 6.09 Å². The molecule has 0 bridgehead atoms. The molecule has 2 heterocycles. The van der Waals surface area contributed by atoms with E-state index in [4.69, 9.17) is 4.74 Å². The molecule has 0 aromatic heterocycles. The van der Waals surface area contributed by atoms with Crippen LogP contribution >= 0.6 is 0 Å². The van der Waals surface area contributed by atoms with Gasteiger partial charge in [-0.1, -0.05) is 67.2 Å². The molecule has 2 aliphatic rings. The van der Waals surface area contributed by atoms with Crippen LogP contribution in [0.5, 0.6) is 0 Å². The van der Waals surface area contributed by atoms with Crippen LogP contribution in [0.1, 0.15) is 24.0 Å². The molecule has 0 unspecified atom stereocenters. The van der Waals surface area contributed by atoms with E-state index < -0.39 is 5.60 Å². The maximum atomic E-state index is 12.1. The minimum absolute atomic E-state index is 0.261. The number of likely N-dealkylation sites (tertiary alicyclic amines) is 1. The van der Waals surface area contributed by atoms with Gasteiger partial charge in [-0.25, -0.2) is 4.79 Å². The predicted octanol–water partition coefficient (Wildman–Crippen LogP) is 4.42. The van der Waals surface area contributed by atoms with Crippen molar-refractivity contribution in [3.63, 3.8) is 0 Å². The fourth-order valence-electron chi connectivity index (χ4n) is 4.75. The normalized spacial score (nSPS) is 20.1. The fraction of sp³-hybridized carbons (Fsp3) is 0.400. The van der Waals surface area contributed by atoms with E-state index in [9.17, 15) is 4.79 Å². The molecular formula is C25H31N2O2+. The first-order valence-corrected chi connectivity index (χ1v) is 10.6. The third-order valence-corrected chi connectivity index (χ3v) is 6.90. The Morgan fingerprint density at radius 2 is 1.41 bits per heavy atom. The summed E-state index contributed by atoms with van der Waals surface area (Å²) in [6.45, 7) is 8.43. The largest absolute Gasteiger partial charge is 0.436 e. The maximum absolute atomic E-state index is 12.1. The molecule has 2 fully saturated rings. The first-order chi connectivity index (χ1) is 14.0. The number of piperidine rings is 1. The molecule has 152 valence electrons. The second-order valence-electron chi connectivity index (χ2n) is 8.58. The van der Waals surface area contributed by atoms with Gasteiger partial charge in [-0.05, 0) is 11.1 Å². The number of nitrogens with zero attached hydrogens (tertiary/aromatic N) is 2. The van der Waals surface area contributed by atoms with E-state index in [1.54, 1.807) is 11.9 Å². The molecule has 0 saturated carbocycles. The van der Waals surface area contributed by atoms with E-state index >= 15 is 0 Å². The lowest BCUT2D eigenvalue weighted by Crippen LogP contribution is -2.59. The van der Waals surface area contributed by atoms with E-state index in [1.807, 2.05) is 0 Å². The minimum Gasteiger partial charge on any atom is -0.436 e. The van der Waals surface area contributed by atoms with Gasteiger partial charge >= 0.3 is 6.09 Å². The average Bonchev–Trinajstić information content (AvgIpc) is 2.98. The number of benzene rings is 2. The topological polar surface area (TPSA) is 29.5 Å². The quantitative estimate of drug-likeness (QED) is 0.683. The van der Waals surface area contributed by atoms with Crippen molar-refractivity contribution in [3.05, 3.63) is 84.1 Å². The Hall–Kier alpha value is -2.59. The zero-order valence-electron chi connectivity index (χ0n) is 17.3. The molecule has 4 heteroatoms. The summed E-state index contributed by atoms with van der Waals surface area (Å²) < 4.78 is 6.88. The zero-order valence-corrected chi connectivity index (χ0v) is 17.3. The van der Waals surface area contributed by atoms with E-state index in [0.29, 0.717) is 0 Å². The molecule has 4 rings (SSSR count). The van der Waals surface area contributed by atoms with Crippen molar-refractivity contribution >= 4 is 6.09 Å². The lowest BCUT2D eigenvalue weighted by Gasteiger charge is -2.46. The molecule has 1 spiro atoms. The van der Waals surface area contributed by atoms with Crippen molar-refractivity contribution in [1.82, 2.24) is 4.90 Å². The van der Waals surface area contributed by atoms with E-state index in [0.717, 1.165) is 62.0 Å². The van der Waals surface area contributed by atoms with Crippen LogP contribution in [0.3, 0.4) is 0 Å². The second-order valence-corrected chi connectivity index (χ2v) is 8.58. The Bertz CT molecular complexity index is 809. The summed E-state index contributed by atoms with van der Waals surface area (Å²) in [7, 11) is 1.76. The molecule has 0 aliphatic carbocycles. The molecule has 0 radical (unpaired) electrons. The first kappa shape index (κ1) is 19.7. The predicted molar refractivity (Wildman–Crippen MR) is 115 cm³/mol. The highest BCUT2D eigenvalue weighted by Gasteiger charge is 2.52. The molecule has 0 N–H and O–H groups in total. The molecule has 4 nitrogen and oxygen atoms in total. The summed E-state index contributed by atoms with van der Waals surface area (Å²) in [5.41, 5.74) is 3.11. The standard InChI is InChI=1S/C25H31N2O2/c1-21-25(29-24(28)26(21)2)15-19-27(20-16-25,17-13-22-9-5-3-6-10-22)18-14-23-11-7-4-8-12-23/h3-12H,1,13-20H2,2H3/q+1. The Kier molecular flexibility index (Phi) is 5.46. The third-order valence-electron chi connectivity index (χ3n) is 6.90. The molecule has 2 aromatic rings. The van der Waals surface area contributed by atoms with Crippen LogP contribution in [-0.4, -0.2) is 54.3 Å². The van der Waals surface area contributed by atoms with Gasteiger partial charge in [0.1, 0.15) is 0 Å². The van der Waals surface area contributed by atoms with Crippen LogP contribution in [-0.2, 0) is 17.6 Å². The SMILES string of the molecule is C=C1N(C)C(=O)OC12CC[N+](CCc1ccccc1)(CCc1ccccc1)CC2. The van der Waals surface area contributed by atoms with Crippen molar-refractivity contribution in [2.75, 3.05) is 33.2 Å². The van der Waals surface area contributed by atoms with E-state index in [1.165, 1.54) is 11.1 Å². The monoisotopic (exact) mass is 391 g/mol. The number of hydrogen-bond donors (Lipinski definition) is 0. The molecule has 2 saturated heterocycles. The highest BCUT2D eigenvalue weighted by molar-refractivity contribution is 5.74. The van der Waals surface area contributed by atoms with Crippen LogP contribution in [0.2, 0.25) is 0 Å². The van der Waals surface area contributed by atoms with Gasteiger partial charge in [0.15, 0.2) is 5.60 Å². The molecule has 2 aromatic carbocycles. The van der Waals surface area contributed by atoms with Gasteiger partial charge in [-0.3, -0.25) is 4.90 Å². The highest BCUT2D eigenvalue weighted by atomic mass is 16.6. The van der Waals surface area contributed by atoms with Crippen molar-refractivity contribution in [2.45, 2.75) is 31.3 Å². The number of carbonyl (C=O) groups excluding carboxylic acids is 1. The molecule has 29 heavy (non-hydrogen) atoms. The third kappa shape index (κ3) is 4.08. The highest BCUT2D eigenvalue weighted by Crippen LogP contribution is 2.41. The number of ether oxygens (including phenoxy) is 1. The van der Waals surface area contributed by atoms with Crippen LogP contribution < -0.4 is 0 Å². The number of carbonyl (C=O) groups is 1. The summed E-state index contributed by atoms with van der Waals surface area (Å²) in [6.07, 6.45) is 3.59. The maximum Gasteiger partial charge on any atom is 0.414 e. The summed E-state index contributed by atoms with van der Waals surface area (Å²) in [5, 5.41) is 0. The number of rotatable bonds is 6. The minimum atomic E-state index is -0.493. The van der Waals surface area contributed by atoms with Crippen molar-refractivity contribution in [1.29, 1.82) is 0 Å². The smallest absolute Gasteiger partial charge is 0.414 e. The number of quaternary nitrogens is 1. The van der Waals surface area contributed by atoms with Crippen molar-refractivity contribution in [2.24, 2.45) is 0 Å². The Morgan fingerprint density at radius 3 is 1.83 bits per heavy atom. The summed E-state index contributed by atoms with van der Waals surface area (Å²) in [6, 6.07) is 21.5. The zero-order chi connectivity index (χ0) is 20.3. The summed E-state index contributed by atoms with van der Waals surface area (Å²) in [5.74, 6) is 0. The fourth-order valence-corrected chi connectivity index (χ4v) is 4.75. The Labute approximate surface area is 174 Å². The van der Waals surface area contributed by atoms with Crippen LogP contribution in [0.15, 0.2) is 72.9 Å². The van der Waals surface area contributed by atoms with Crippen molar-refractivity contribution < 1.29 is 14.0 Å². The van der Waals surface area contributed by atoms with Crippen LogP contribution in [0.25, 0.3) is 0 Å². The number of amides is 1. The Balaban J connectivity index is 1.48. The summed E-state index contributed by atoms with van der Waals surface area (Å²) >= 11 is 0. The van der Waals surface area contributed by atoms with Gasteiger partial charge in [0, 0.05) is 32.7 Å². The average molecular weight is 392 g/mol. The first-order valence-electron chi connectivity index (χ1n) is 10.6.